The van der Waals surface area contributed by atoms with Gasteiger partial charge in [-0.2, -0.15) is 0 Å². The molecule has 3 atom stereocenters. The fourth-order valence-corrected chi connectivity index (χ4v) is 1.34. The lowest BCUT2D eigenvalue weighted by atomic mass is 10.2. The lowest BCUT2D eigenvalue weighted by molar-refractivity contribution is -0.151. The highest BCUT2D eigenvalue weighted by atomic mass is 16.7. The summed E-state index contributed by atoms with van der Waals surface area (Å²) in [5, 5.41) is 0. The predicted octanol–water partition coefficient (Wildman–Crippen LogP) is 0.229. The van der Waals surface area contributed by atoms with Gasteiger partial charge < -0.3 is 14.2 Å². The van der Waals surface area contributed by atoms with Gasteiger partial charge >= 0.3 is 5.97 Å². The lowest BCUT2D eigenvalue weighted by Crippen LogP contribution is -2.33. The Labute approximate surface area is 70.1 Å². The molecule has 0 aromatic rings. The first-order chi connectivity index (χ1) is 5.75. The van der Waals surface area contributed by atoms with E-state index in [2.05, 4.69) is 0 Å². The molecule has 2 aliphatic heterocycles. The smallest absolute Gasteiger partial charge is 0.303 e. The molecule has 0 aromatic carbocycles. The van der Waals surface area contributed by atoms with E-state index >= 15 is 0 Å². The minimum atomic E-state index is -0.293. The van der Waals surface area contributed by atoms with Crippen molar-refractivity contribution in [1.29, 1.82) is 0 Å². The molecule has 0 unspecified atom stereocenters. The Balaban J connectivity index is 2.02. The highest BCUT2D eigenvalue weighted by Crippen LogP contribution is 2.23. The Morgan fingerprint density at radius 1 is 1.58 bits per heavy atom. The fraction of sp³-hybridized carbons (Fsp3) is 0.625. The van der Waals surface area contributed by atoms with E-state index in [9.17, 15) is 4.79 Å². The molecule has 0 aromatic heterocycles. The van der Waals surface area contributed by atoms with Crippen LogP contribution in [0.1, 0.15) is 6.92 Å². The number of fused-ring (bicyclic) bond motifs is 2. The number of rotatable bonds is 1. The maximum Gasteiger partial charge on any atom is 0.303 e. The summed E-state index contributed by atoms with van der Waals surface area (Å²) in [7, 11) is 0. The zero-order valence-electron chi connectivity index (χ0n) is 6.73. The minimum Gasteiger partial charge on any atom is -0.455 e. The zero-order chi connectivity index (χ0) is 8.55. The first kappa shape index (κ1) is 7.76. The van der Waals surface area contributed by atoms with E-state index in [4.69, 9.17) is 14.2 Å². The monoisotopic (exact) mass is 170 g/mol. The Bertz CT molecular complexity index is 223. The fourth-order valence-electron chi connectivity index (χ4n) is 1.34. The van der Waals surface area contributed by atoms with Crippen LogP contribution in [0.2, 0.25) is 0 Å². The summed E-state index contributed by atoms with van der Waals surface area (Å²) in [6.45, 7) is 1.88. The minimum absolute atomic E-state index is 0.121. The van der Waals surface area contributed by atoms with Gasteiger partial charge in [0.15, 0.2) is 6.29 Å². The zero-order valence-corrected chi connectivity index (χ0v) is 6.73. The summed E-state index contributed by atoms with van der Waals surface area (Å²) >= 11 is 0. The van der Waals surface area contributed by atoms with Crippen molar-refractivity contribution in [3.05, 3.63) is 12.2 Å². The molecule has 0 aliphatic carbocycles. The van der Waals surface area contributed by atoms with Crippen LogP contribution in [0.15, 0.2) is 12.2 Å². The van der Waals surface area contributed by atoms with E-state index in [0.29, 0.717) is 6.61 Å². The van der Waals surface area contributed by atoms with Gasteiger partial charge in [0, 0.05) is 6.92 Å². The molecule has 2 heterocycles. The number of hydrogen-bond donors (Lipinski definition) is 0. The van der Waals surface area contributed by atoms with Gasteiger partial charge in [0.25, 0.3) is 0 Å². The van der Waals surface area contributed by atoms with Crippen LogP contribution >= 0.6 is 0 Å². The van der Waals surface area contributed by atoms with E-state index < -0.39 is 0 Å². The van der Waals surface area contributed by atoms with Crippen molar-refractivity contribution in [2.24, 2.45) is 0 Å². The molecule has 4 heteroatoms. The van der Waals surface area contributed by atoms with Gasteiger partial charge in [0.1, 0.15) is 12.2 Å². The molecule has 0 amide bonds. The number of carbonyl (C=O) groups excluding carboxylic acids is 1. The highest BCUT2D eigenvalue weighted by molar-refractivity contribution is 5.66. The van der Waals surface area contributed by atoms with Crippen molar-refractivity contribution in [3.63, 3.8) is 0 Å². The average Bonchev–Trinajstić information content (AvgIpc) is 2.39. The third-order valence-corrected chi connectivity index (χ3v) is 1.86. The molecule has 0 N–H and O–H groups in total. The summed E-state index contributed by atoms with van der Waals surface area (Å²) in [6.07, 6.45) is 2.94. The van der Waals surface area contributed by atoms with Crippen LogP contribution in [0.25, 0.3) is 0 Å². The SMILES string of the molecule is CC(=O)O[C@H]1C=C[C@H]2OC[C@@H]1O2. The van der Waals surface area contributed by atoms with E-state index in [1.807, 2.05) is 6.08 Å². The summed E-state index contributed by atoms with van der Waals surface area (Å²) in [5.74, 6) is -0.293. The van der Waals surface area contributed by atoms with E-state index in [0.717, 1.165) is 0 Å². The van der Waals surface area contributed by atoms with Crippen molar-refractivity contribution in [2.75, 3.05) is 6.61 Å². The van der Waals surface area contributed by atoms with Gasteiger partial charge in [-0.3, -0.25) is 4.79 Å². The topological polar surface area (TPSA) is 44.8 Å². The molecule has 2 bridgehead atoms. The number of esters is 1. The Hall–Kier alpha value is -0.870. The van der Waals surface area contributed by atoms with Crippen molar-refractivity contribution < 1.29 is 19.0 Å². The Morgan fingerprint density at radius 3 is 3.17 bits per heavy atom. The van der Waals surface area contributed by atoms with Crippen LogP contribution in [0.3, 0.4) is 0 Å². The number of ether oxygens (including phenoxy) is 3. The van der Waals surface area contributed by atoms with Gasteiger partial charge in [-0.05, 0) is 12.2 Å². The van der Waals surface area contributed by atoms with E-state index in [1.165, 1.54) is 6.92 Å². The second kappa shape index (κ2) is 2.88. The molecule has 0 saturated carbocycles. The summed E-state index contributed by atoms with van der Waals surface area (Å²) in [4.78, 5) is 10.6. The number of carbonyl (C=O) groups is 1. The van der Waals surface area contributed by atoms with Crippen molar-refractivity contribution in [2.45, 2.75) is 25.4 Å². The van der Waals surface area contributed by atoms with Crippen molar-refractivity contribution in [1.82, 2.24) is 0 Å². The molecular weight excluding hydrogens is 160 g/mol. The van der Waals surface area contributed by atoms with Gasteiger partial charge in [-0.1, -0.05) is 0 Å². The van der Waals surface area contributed by atoms with E-state index in [-0.39, 0.29) is 24.5 Å². The quantitative estimate of drug-likeness (QED) is 0.417. The van der Waals surface area contributed by atoms with Gasteiger partial charge in [0.05, 0.1) is 6.61 Å². The second-order valence-corrected chi connectivity index (χ2v) is 2.84. The molecule has 0 spiro atoms. The Morgan fingerprint density at radius 2 is 2.42 bits per heavy atom. The van der Waals surface area contributed by atoms with Crippen LogP contribution in [-0.4, -0.2) is 31.1 Å². The first-order valence-corrected chi connectivity index (χ1v) is 3.88. The Kier molecular flexibility index (Phi) is 1.86. The summed E-state index contributed by atoms with van der Waals surface area (Å²) in [6, 6.07) is 0. The highest BCUT2D eigenvalue weighted by Gasteiger charge is 2.35. The van der Waals surface area contributed by atoms with Crippen molar-refractivity contribution in [3.8, 4) is 0 Å². The van der Waals surface area contributed by atoms with Crippen LogP contribution in [-0.2, 0) is 19.0 Å². The normalized spacial score (nSPS) is 38.2. The largest absolute Gasteiger partial charge is 0.455 e. The summed E-state index contributed by atoms with van der Waals surface area (Å²) in [5.41, 5.74) is 0. The van der Waals surface area contributed by atoms with Gasteiger partial charge in [0.2, 0.25) is 0 Å². The molecule has 4 nitrogen and oxygen atoms in total. The molecule has 0 radical (unpaired) electrons. The maximum absolute atomic E-state index is 10.6. The predicted molar refractivity (Wildman–Crippen MR) is 39.3 cm³/mol. The standard InChI is InChI=1S/C8H10O4/c1-5(9)11-6-2-3-8-10-4-7(6)12-8/h2-3,6-8H,4H2,1H3/t6-,7-,8-/m0/s1. The molecule has 2 aliphatic rings. The van der Waals surface area contributed by atoms with Crippen molar-refractivity contribution >= 4 is 5.97 Å². The second-order valence-electron chi connectivity index (χ2n) is 2.84. The van der Waals surface area contributed by atoms with Gasteiger partial charge in [-0.15, -0.1) is 0 Å². The number of hydrogen-bond acceptors (Lipinski definition) is 4. The molecule has 2 rings (SSSR count). The van der Waals surface area contributed by atoms with E-state index in [1.54, 1.807) is 6.08 Å². The van der Waals surface area contributed by atoms with Crippen LogP contribution in [0, 0.1) is 0 Å². The first-order valence-electron chi connectivity index (χ1n) is 3.88. The third-order valence-electron chi connectivity index (χ3n) is 1.86. The average molecular weight is 170 g/mol. The molecular formula is C8H10O4. The van der Waals surface area contributed by atoms with Gasteiger partial charge in [-0.25, -0.2) is 0 Å². The molecule has 1 saturated heterocycles. The van der Waals surface area contributed by atoms with Crippen LogP contribution in [0.4, 0.5) is 0 Å². The molecule has 66 valence electrons. The summed E-state index contributed by atoms with van der Waals surface area (Å²) < 4.78 is 15.5. The molecule has 1 fully saturated rings. The third kappa shape index (κ3) is 1.35. The molecule has 12 heavy (non-hydrogen) atoms. The van der Waals surface area contributed by atoms with Crippen LogP contribution in [0.5, 0.6) is 0 Å². The lowest BCUT2D eigenvalue weighted by Gasteiger charge is -2.21. The maximum atomic E-state index is 10.6. The van der Waals surface area contributed by atoms with Crippen LogP contribution < -0.4 is 0 Å².